The van der Waals surface area contributed by atoms with Gasteiger partial charge in [0.05, 0.1) is 0 Å². The van der Waals surface area contributed by atoms with E-state index in [9.17, 15) is 4.79 Å². The summed E-state index contributed by atoms with van der Waals surface area (Å²) in [6.45, 7) is 5.42. The van der Waals surface area contributed by atoms with Gasteiger partial charge in [0.25, 0.3) is 5.91 Å². The highest BCUT2D eigenvalue weighted by Crippen LogP contribution is 2.34. The molecule has 29 heavy (non-hydrogen) atoms. The molecule has 0 N–H and O–H groups in total. The topological polar surface area (TPSA) is 49.3 Å². The molecule has 3 heterocycles. The summed E-state index contributed by atoms with van der Waals surface area (Å²) in [4.78, 5) is 26.6. The number of hydrogen-bond acceptors (Lipinski definition) is 4. The van der Waals surface area contributed by atoms with Crippen LogP contribution in [0.5, 0.6) is 0 Å². The first-order valence-electron chi connectivity index (χ1n) is 10.2. The SMILES string of the molecule is Cc1ccnc(N2C[C@H]3CN(C(=O)c4ccccc4-c4ccccc4)C[C@H]3C2)n1. The monoisotopic (exact) mass is 384 g/mol. The minimum Gasteiger partial charge on any atom is -0.340 e. The van der Waals surface area contributed by atoms with Crippen molar-refractivity contribution in [1.82, 2.24) is 14.9 Å². The van der Waals surface area contributed by atoms with Gasteiger partial charge in [-0.3, -0.25) is 4.79 Å². The predicted molar refractivity (Wildman–Crippen MR) is 114 cm³/mol. The molecule has 2 saturated heterocycles. The van der Waals surface area contributed by atoms with Crippen LogP contribution in [-0.2, 0) is 0 Å². The molecule has 0 saturated carbocycles. The van der Waals surface area contributed by atoms with Crippen molar-refractivity contribution < 1.29 is 4.79 Å². The molecular formula is C24H24N4O. The van der Waals surface area contributed by atoms with Gasteiger partial charge in [-0.15, -0.1) is 0 Å². The fraction of sp³-hybridized carbons (Fsp3) is 0.292. The molecule has 1 aromatic heterocycles. The summed E-state index contributed by atoms with van der Waals surface area (Å²) in [5.41, 5.74) is 3.86. The minimum absolute atomic E-state index is 0.136. The van der Waals surface area contributed by atoms with E-state index in [0.717, 1.165) is 54.5 Å². The van der Waals surface area contributed by atoms with E-state index < -0.39 is 0 Å². The molecule has 3 aromatic rings. The highest BCUT2D eigenvalue weighted by Gasteiger charge is 2.42. The molecule has 5 nitrogen and oxygen atoms in total. The van der Waals surface area contributed by atoms with Gasteiger partial charge < -0.3 is 9.80 Å². The molecule has 0 unspecified atom stereocenters. The van der Waals surface area contributed by atoms with Gasteiger partial charge in [-0.1, -0.05) is 48.5 Å². The Morgan fingerprint density at radius 2 is 1.59 bits per heavy atom. The van der Waals surface area contributed by atoms with E-state index in [1.54, 1.807) is 0 Å². The average molecular weight is 384 g/mol. The Morgan fingerprint density at radius 1 is 0.897 bits per heavy atom. The summed E-state index contributed by atoms with van der Waals surface area (Å²) in [6.07, 6.45) is 1.82. The minimum atomic E-state index is 0.136. The Morgan fingerprint density at radius 3 is 2.31 bits per heavy atom. The molecule has 1 amide bonds. The number of aryl methyl sites for hydroxylation is 1. The average Bonchev–Trinajstić information content (AvgIpc) is 3.33. The number of carbonyl (C=O) groups excluding carboxylic acids is 1. The Labute approximate surface area is 171 Å². The molecule has 0 radical (unpaired) electrons. The molecule has 146 valence electrons. The first-order chi connectivity index (χ1) is 14.2. The van der Waals surface area contributed by atoms with E-state index in [-0.39, 0.29) is 5.91 Å². The second kappa shape index (κ2) is 7.32. The highest BCUT2D eigenvalue weighted by molar-refractivity contribution is 6.01. The number of aromatic nitrogens is 2. The van der Waals surface area contributed by atoms with E-state index in [1.807, 2.05) is 66.6 Å². The maximum atomic E-state index is 13.4. The van der Waals surface area contributed by atoms with Crippen LogP contribution in [0.2, 0.25) is 0 Å². The van der Waals surface area contributed by atoms with Crippen molar-refractivity contribution in [1.29, 1.82) is 0 Å². The summed E-state index contributed by atoms with van der Waals surface area (Å²) in [7, 11) is 0. The van der Waals surface area contributed by atoms with E-state index >= 15 is 0 Å². The first kappa shape index (κ1) is 17.9. The third kappa shape index (κ3) is 3.37. The zero-order valence-electron chi connectivity index (χ0n) is 16.5. The third-order valence-electron chi connectivity index (χ3n) is 6.08. The number of benzene rings is 2. The van der Waals surface area contributed by atoms with Crippen LogP contribution in [0.25, 0.3) is 11.1 Å². The lowest BCUT2D eigenvalue weighted by atomic mass is 9.99. The van der Waals surface area contributed by atoms with Gasteiger partial charge in [0, 0.05) is 55.5 Å². The number of fused-ring (bicyclic) bond motifs is 1. The predicted octanol–water partition coefficient (Wildman–Crippen LogP) is 3.66. The quantitative estimate of drug-likeness (QED) is 0.692. The maximum Gasteiger partial charge on any atom is 0.254 e. The second-order valence-corrected chi connectivity index (χ2v) is 8.04. The number of rotatable bonds is 3. The van der Waals surface area contributed by atoms with Gasteiger partial charge in [0.15, 0.2) is 0 Å². The molecule has 5 rings (SSSR count). The Balaban J connectivity index is 1.32. The lowest BCUT2D eigenvalue weighted by Gasteiger charge is -2.23. The first-order valence-corrected chi connectivity index (χ1v) is 10.2. The van der Waals surface area contributed by atoms with E-state index in [4.69, 9.17) is 0 Å². The number of carbonyl (C=O) groups is 1. The molecule has 2 atom stereocenters. The van der Waals surface area contributed by atoms with Crippen LogP contribution in [0.4, 0.5) is 5.95 Å². The molecule has 2 aromatic carbocycles. The summed E-state index contributed by atoms with van der Waals surface area (Å²) < 4.78 is 0. The number of likely N-dealkylation sites (tertiary alicyclic amines) is 1. The molecule has 5 heteroatoms. The van der Waals surface area contributed by atoms with Crippen molar-refractivity contribution in [3.8, 4) is 11.1 Å². The highest BCUT2D eigenvalue weighted by atomic mass is 16.2. The third-order valence-corrected chi connectivity index (χ3v) is 6.08. The smallest absolute Gasteiger partial charge is 0.254 e. The zero-order chi connectivity index (χ0) is 19.8. The van der Waals surface area contributed by atoms with E-state index in [2.05, 4.69) is 27.0 Å². The lowest BCUT2D eigenvalue weighted by molar-refractivity contribution is 0.0783. The summed E-state index contributed by atoms with van der Waals surface area (Å²) in [5.74, 6) is 1.91. The lowest BCUT2D eigenvalue weighted by Crippen LogP contribution is -2.34. The van der Waals surface area contributed by atoms with E-state index in [1.165, 1.54) is 0 Å². The molecule has 2 fully saturated rings. The van der Waals surface area contributed by atoms with Crippen molar-refractivity contribution in [3.63, 3.8) is 0 Å². The zero-order valence-corrected chi connectivity index (χ0v) is 16.5. The molecule has 0 spiro atoms. The Kier molecular flexibility index (Phi) is 4.51. The second-order valence-electron chi connectivity index (χ2n) is 8.04. The van der Waals surface area contributed by atoms with Crippen LogP contribution in [0.15, 0.2) is 66.9 Å². The van der Waals surface area contributed by atoms with Crippen LogP contribution in [0.1, 0.15) is 16.1 Å². The molecule has 2 aliphatic rings. The Hall–Kier alpha value is -3.21. The van der Waals surface area contributed by atoms with Gasteiger partial charge in [-0.25, -0.2) is 9.97 Å². The van der Waals surface area contributed by atoms with Gasteiger partial charge in [0.2, 0.25) is 5.95 Å². The van der Waals surface area contributed by atoms with Crippen LogP contribution in [-0.4, -0.2) is 47.0 Å². The summed E-state index contributed by atoms with van der Waals surface area (Å²) in [5, 5.41) is 0. The maximum absolute atomic E-state index is 13.4. The normalized spacial score (nSPS) is 20.7. The van der Waals surface area contributed by atoms with E-state index in [0.29, 0.717) is 11.8 Å². The van der Waals surface area contributed by atoms with Crippen molar-refractivity contribution in [2.24, 2.45) is 11.8 Å². The number of nitrogens with zero attached hydrogens (tertiary/aromatic N) is 4. The Bertz CT molecular complexity index is 1020. The summed E-state index contributed by atoms with van der Waals surface area (Å²) in [6, 6.07) is 20.0. The number of hydrogen-bond donors (Lipinski definition) is 0. The summed E-state index contributed by atoms with van der Waals surface area (Å²) >= 11 is 0. The molecular weight excluding hydrogens is 360 g/mol. The molecule has 0 aliphatic carbocycles. The fourth-order valence-corrected chi connectivity index (χ4v) is 4.62. The number of anilines is 1. The van der Waals surface area contributed by atoms with Gasteiger partial charge in [0.1, 0.15) is 0 Å². The van der Waals surface area contributed by atoms with Gasteiger partial charge in [-0.2, -0.15) is 0 Å². The van der Waals surface area contributed by atoms with Crippen LogP contribution in [0.3, 0.4) is 0 Å². The van der Waals surface area contributed by atoms with Gasteiger partial charge in [-0.05, 0) is 30.2 Å². The van der Waals surface area contributed by atoms with Crippen LogP contribution < -0.4 is 4.90 Å². The largest absolute Gasteiger partial charge is 0.340 e. The fourth-order valence-electron chi connectivity index (χ4n) is 4.62. The van der Waals surface area contributed by atoms with Crippen molar-refractivity contribution in [2.45, 2.75) is 6.92 Å². The standard InChI is InChI=1S/C24H24N4O/c1-17-11-12-25-24(26-17)28-15-19-13-27(14-20(19)16-28)23(29)22-10-6-5-9-21(22)18-7-3-2-4-8-18/h2-12,19-20H,13-16H2,1H3/t19-,20+. The van der Waals surface area contributed by atoms with Crippen LogP contribution >= 0.6 is 0 Å². The number of amides is 1. The molecule has 0 bridgehead atoms. The van der Waals surface area contributed by atoms with Crippen molar-refractivity contribution in [2.75, 3.05) is 31.1 Å². The van der Waals surface area contributed by atoms with Crippen molar-refractivity contribution >= 4 is 11.9 Å². The van der Waals surface area contributed by atoms with Crippen molar-refractivity contribution in [3.05, 3.63) is 78.1 Å². The molecule has 2 aliphatic heterocycles. The van der Waals surface area contributed by atoms with Crippen LogP contribution in [0, 0.1) is 18.8 Å². The van der Waals surface area contributed by atoms with Gasteiger partial charge >= 0.3 is 0 Å².